The smallest absolute Gasteiger partial charge is 0.330 e. The second-order valence-corrected chi connectivity index (χ2v) is 4.19. The van der Waals surface area contributed by atoms with Crippen LogP contribution < -0.4 is 0 Å². The average Bonchev–Trinajstić information content (AvgIpc) is 2.66. The van der Waals surface area contributed by atoms with Gasteiger partial charge in [-0.25, -0.2) is 4.79 Å². The summed E-state index contributed by atoms with van der Waals surface area (Å²) in [5.41, 5.74) is 1.08. The van der Waals surface area contributed by atoms with Gasteiger partial charge in [-0.1, -0.05) is 5.57 Å². The van der Waals surface area contributed by atoms with Crippen molar-refractivity contribution in [1.29, 1.82) is 0 Å². The molecule has 2 fully saturated rings. The van der Waals surface area contributed by atoms with Gasteiger partial charge in [0.05, 0.1) is 19.8 Å². The Morgan fingerprint density at radius 1 is 1.50 bits per heavy atom. The van der Waals surface area contributed by atoms with Crippen molar-refractivity contribution in [3.05, 3.63) is 11.6 Å². The van der Waals surface area contributed by atoms with Crippen molar-refractivity contribution in [2.24, 2.45) is 0 Å². The lowest BCUT2D eigenvalue weighted by molar-refractivity contribution is -0.167. The Morgan fingerprint density at radius 2 is 2.25 bits per heavy atom. The molecule has 1 heterocycles. The summed E-state index contributed by atoms with van der Waals surface area (Å²) in [4.78, 5) is 11.3. The highest BCUT2D eigenvalue weighted by molar-refractivity contribution is 5.82. The topological polar surface area (TPSA) is 44.8 Å². The molecule has 1 aliphatic carbocycles. The molecule has 0 aromatic carbocycles. The summed E-state index contributed by atoms with van der Waals surface area (Å²) in [6.45, 7) is 3.54. The van der Waals surface area contributed by atoms with Gasteiger partial charge >= 0.3 is 5.97 Å². The Kier molecular flexibility index (Phi) is 3.61. The first-order chi connectivity index (χ1) is 7.74. The zero-order chi connectivity index (χ0) is 11.4. The number of ether oxygens (including phenoxy) is 3. The van der Waals surface area contributed by atoms with Crippen molar-refractivity contribution < 1.29 is 19.0 Å². The molecule has 0 radical (unpaired) electrons. The number of carbonyl (C=O) groups is 1. The molecule has 90 valence electrons. The lowest BCUT2D eigenvalue weighted by atomic mass is 9.89. The van der Waals surface area contributed by atoms with E-state index < -0.39 is 5.79 Å². The van der Waals surface area contributed by atoms with E-state index in [0.717, 1.165) is 24.8 Å². The first-order valence-corrected chi connectivity index (χ1v) is 5.88. The Balaban J connectivity index is 1.98. The van der Waals surface area contributed by atoms with Gasteiger partial charge in [-0.3, -0.25) is 0 Å². The molecule has 4 heteroatoms. The molecule has 0 aromatic heterocycles. The van der Waals surface area contributed by atoms with Gasteiger partial charge in [-0.05, 0) is 19.8 Å². The minimum Gasteiger partial charge on any atom is -0.463 e. The maximum Gasteiger partial charge on any atom is 0.330 e. The Labute approximate surface area is 95.6 Å². The van der Waals surface area contributed by atoms with E-state index in [1.165, 1.54) is 0 Å². The molecule has 16 heavy (non-hydrogen) atoms. The van der Waals surface area contributed by atoms with Gasteiger partial charge in [-0.2, -0.15) is 0 Å². The third-order valence-corrected chi connectivity index (χ3v) is 2.97. The van der Waals surface area contributed by atoms with Gasteiger partial charge in [0.2, 0.25) is 0 Å². The van der Waals surface area contributed by atoms with Crippen LogP contribution in [0.15, 0.2) is 11.6 Å². The standard InChI is InChI=1S/C12H18O4/c1-2-14-11(13)8-10-4-3-5-12(9-10)15-6-7-16-12/h8H,2-7,9H2,1H3. The molecule has 0 bridgehead atoms. The zero-order valence-electron chi connectivity index (χ0n) is 9.66. The molecule has 0 atom stereocenters. The highest BCUT2D eigenvalue weighted by atomic mass is 16.7. The van der Waals surface area contributed by atoms with E-state index in [1.807, 2.05) is 6.92 Å². The van der Waals surface area contributed by atoms with Crippen molar-refractivity contribution in [3.8, 4) is 0 Å². The van der Waals surface area contributed by atoms with Crippen LogP contribution in [0, 0.1) is 0 Å². The van der Waals surface area contributed by atoms with E-state index in [0.29, 0.717) is 26.2 Å². The third kappa shape index (κ3) is 2.62. The fraction of sp³-hybridized carbons (Fsp3) is 0.750. The number of hydrogen-bond donors (Lipinski definition) is 0. The summed E-state index contributed by atoms with van der Waals surface area (Å²) in [6.07, 6.45) is 5.16. The predicted octanol–water partition coefficient (Wildman–Crippen LogP) is 1.79. The summed E-state index contributed by atoms with van der Waals surface area (Å²) in [5.74, 6) is -0.705. The van der Waals surface area contributed by atoms with Crippen LogP contribution in [0.5, 0.6) is 0 Å². The van der Waals surface area contributed by atoms with E-state index in [2.05, 4.69) is 0 Å². The number of rotatable bonds is 2. The van der Waals surface area contributed by atoms with Crippen molar-refractivity contribution in [2.75, 3.05) is 19.8 Å². The van der Waals surface area contributed by atoms with Crippen molar-refractivity contribution in [1.82, 2.24) is 0 Å². The highest BCUT2D eigenvalue weighted by Gasteiger charge is 2.39. The molecule has 1 saturated heterocycles. The van der Waals surface area contributed by atoms with Gasteiger partial charge in [0.25, 0.3) is 0 Å². The molecule has 1 aliphatic heterocycles. The normalized spacial score (nSPS) is 26.2. The number of carbonyl (C=O) groups excluding carboxylic acids is 1. The quantitative estimate of drug-likeness (QED) is 0.532. The molecule has 0 unspecified atom stereocenters. The van der Waals surface area contributed by atoms with Gasteiger partial charge < -0.3 is 14.2 Å². The maximum absolute atomic E-state index is 11.3. The van der Waals surface area contributed by atoms with Gasteiger partial charge in [0.1, 0.15) is 0 Å². The number of esters is 1. The minimum absolute atomic E-state index is 0.257. The zero-order valence-corrected chi connectivity index (χ0v) is 9.66. The van der Waals surface area contributed by atoms with Crippen LogP contribution in [-0.4, -0.2) is 31.6 Å². The van der Waals surface area contributed by atoms with Gasteiger partial charge in [0, 0.05) is 18.9 Å². The lowest BCUT2D eigenvalue weighted by Gasteiger charge is -2.32. The van der Waals surface area contributed by atoms with Crippen LogP contribution >= 0.6 is 0 Å². The minimum atomic E-state index is -0.448. The molecular weight excluding hydrogens is 208 g/mol. The van der Waals surface area contributed by atoms with Gasteiger partial charge in [0.15, 0.2) is 5.79 Å². The van der Waals surface area contributed by atoms with E-state index in [1.54, 1.807) is 6.08 Å². The van der Waals surface area contributed by atoms with Crippen LogP contribution in [0.2, 0.25) is 0 Å². The fourth-order valence-electron chi connectivity index (χ4n) is 2.32. The first-order valence-electron chi connectivity index (χ1n) is 5.88. The Bertz CT molecular complexity index is 289. The molecule has 4 nitrogen and oxygen atoms in total. The molecule has 1 spiro atoms. The first kappa shape index (κ1) is 11.6. The maximum atomic E-state index is 11.3. The lowest BCUT2D eigenvalue weighted by Crippen LogP contribution is -2.33. The number of hydrogen-bond acceptors (Lipinski definition) is 4. The summed E-state index contributed by atoms with van der Waals surface area (Å²) in [5, 5.41) is 0. The predicted molar refractivity (Wildman–Crippen MR) is 57.8 cm³/mol. The summed E-state index contributed by atoms with van der Waals surface area (Å²) in [7, 11) is 0. The average molecular weight is 226 g/mol. The molecule has 0 aromatic rings. The second kappa shape index (κ2) is 4.97. The van der Waals surface area contributed by atoms with Crippen LogP contribution in [0.1, 0.15) is 32.6 Å². The fourth-order valence-corrected chi connectivity index (χ4v) is 2.32. The molecule has 1 saturated carbocycles. The molecule has 0 N–H and O–H groups in total. The van der Waals surface area contributed by atoms with Crippen LogP contribution in [0.4, 0.5) is 0 Å². The van der Waals surface area contributed by atoms with Crippen LogP contribution in [-0.2, 0) is 19.0 Å². The SMILES string of the molecule is CCOC(=O)C=C1CCCC2(C1)OCCO2. The monoisotopic (exact) mass is 226 g/mol. The van der Waals surface area contributed by atoms with E-state index >= 15 is 0 Å². The Hall–Kier alpha value is -0.870. The van der Waals surface area contributed by atoms with E-state index in [9.17, 15) is 4.79 Å². The Morgan fingerprint density at radius 3 is 2.94 bits per heavy atom. The molecule has 0 amide bonds. The van der Waals surface area contributed by atoms with E-state index in [4.69, 9.17) is 14.2 Å². The van der Waals surface area contributed by atoms with Crippen molar-refractivity contribution in [3.63, 3.8) is 0 Å². The highest BCUT2D eigenvalue weighted by Crippen LogP contribution is 2.38. The second-order valence-electron chi connectivity index (χ2n) is 4.19. The summed E-state index contributed by atoms with van der Waals surface area (Å²) < 4.78 is 16.2. The van der Waals surface area contributed by atoms with E-state index in [-0.39, 0.29) is 5.97 Å². The third-order valence-electron chi connectivity index (χ3n) is 2.97. The van der Waals surface area contributed by atoms with Crippen LogP contribution in [0.3, 0.4) is 0 Å². The summed E-state index contributed by atoms with van der Waals surface area (Å²) >= 11 is 0. The molecule has 2 rings (SSSR count). The largest absolute Gasteiger partial charge is 0.463 e. The van der Waals surface area contributed by atoms with Crippen molar-refractivity contribution in [2.45, 2.75) is 38.4 Å². The van der Waals surface area contributed by atoms with Crippen LogP contribution in [0.25, 0.3) is 0 Å². The summed E-state index contributed by atoms with van der Waals surface area (Å²) in [6, 6.07) is 0. The molecule has 2 aliphatic rings. The van der Waals surface area contributed by atoms with Gasteiger partial charge in [-0.15, -0.1) is 0 Å². The van der Waals surface area contributed by atoms with Crippen molar-refractivity contribution >= 4 is 5.97 Å². The molecular formula is C12H18O4.